The zero-order chi connectivity index (χ0) is 23.5. The summed E-state index contributed by atoms with van der Waals surface area (Å²) in [5.41, 5.74) is 2.37. The summed E-state index contributed by atoms with van der Waals surface area (Å²) < 4.78 is 5.21. The van der Waals surface area contributed by atoms with Gasteiger partial charge in [-0.05, 0) is 49.2 Å². The van der Waals surface area contributed by atoms with Crippen molar-refractivity contribution in [2.24, 2.45) is 0 Å². The topological polar surface area (TPSA) is 90.6 Å². The highest BCUT2D eigenvalue weighted by Crippen LogP contribution is 2.28. The summed E-state index contributed by atoms with van der Waals surface area (Å²) in [7, 11) is 1.60. The molecule has 2 fully saturated rings. The minimum absolute atomic E-state index is 0.0592. The molecule has 1 saturated carbocycles. The van der Waals surface area contributed by atoms with E-state index in [0.717, 1.165) is 36.7 Å². The summed E-state index contributed by atoms with van der Waals surface area (Å²) in [6, 6.07) is 14.7. The Kier molecular flexibility index (Phi) is 6.38. The van der Waals surface area contributed by atoms with Crippen LogP contribution in [0.3, 0.4) is 0 Å². The maximum absolute atomic E-state index is 13.3. The molecule has 178 valence electrons. The van der Waals surface area contributed by atoms with Gasteiger partial charge in [0.25, 0.3) is 5.91 Å². The van der Waals surface area contributed by atoms with E-state index in [9.17, 15) is 9.59 Å². The second-order valence-electron chi connectivity index (χ2n) is 9.11. The van der Waals surface area contributed by atoms with Gasteiger partial charge in [-0.25, -0.2) is 9.78 Å². The number of methoxy groups -OCH3 is 1. The van der Waals surface area contributed by atoms with Gasteiger partial charge in [-0.1, -0.05) is 31.4 Å². The number of fused-ring (bicyclic) bond motifs is 1. The Balaban J connectivity index is 1.39. The maximum Gasteiger partial charge on any atom is 0.318 e. The van der Waals surface area contributed by atoms with Gasteiger partial charge < -0.3 is 24.8 Å². The number of carbonyl (C=O) groups excluding carboxylic acids is 2. The third-order valence-electron chi connectivity index (χ3n) is 6.92. The van der Waals surface area contributed by atoms with Crippen LogP contribution in [0.5, 0.6) is 5.75 Å². The smallest absolute Gasteiger partial charge is 0.318 e. The van der Waals surface area contributed by atoms with Gasteiger partial charge in [0.1, 0.15) is 17.6 Å². The minimum Gasteiger partial charge on any atom is -0.497 e. The molecule has 0 bridgehead atoms. The number of para-hydroxylation sites is 2. The van der Waals surface area contributed by atoms with Gasteiger partial charge in [0.2, 0.25) is 0 Å². The van der Waals surface area contributed by atoms with E-state index >= 15 is 0 Å². The molecule has 0 spiro atoms. The summed E-state index contributed by atoms with van der Waals surface area (Å²) >= 11 is 0. The normalized spacial score (nSPS) is 19.3. The Morgan fingerprint density at radius 3 is 2.53 bits per heavy atom. The fourth-order valence-corrected chi connectivity index (χ4v) is 5.00. The van der Waals surface area contributed by atoms with Crippen LogP contribution in [0.25, 0.3) is 11.0 Å². The first-order valence-corrected chi connectivity index (χ1v) is 12.1. The number of carbonyl (C=O) groups is 2. The average Bonchev–Trinajstić information content (AvgIpc) is 3.33. The lowest BCUT2D eigenvalue weighted by Crippen LogP contribution is -2.56. The minimum atomic E-state index is -0.355. The number of piperazine rings is 1. The van der Waals surface area contributed by atoms with Crippen molar-refractivity contribution in [3.8, 4) is 5.75 Å². The Morgan fingerprint density at radius 2 is 1.79 bits per heavy atom. The molecule has 1 aliphatic carbocycles. The van der Waals surface area contributed by atoms with E-state index in [-0.39, 0.29) is 24.0 Å². The van der Waals surface area contributed by atoms with Crippen LogP contribution < -0.4 is 10.1 Å². The molecule has 1 atom stereocenters. The molecule has 8 heteroatoms. The summed E-state index contributed by atoms with van der Waals surface area (Å²) in [5.74, 6) is 1.35. The number of H-pyrrole nitrogens is 1. The highest BCUT2D eigenvalue weighted by atomic mass is 16.5. The third-order valence-corrected chi connectivity index (χ3v) is 6.92. The Bertz CT molecular complexity index is 1120. The molecule has 2 aliphatic rings. The molecule has 8 nitrogen and oxygen atoms in total. The molecular weight excluding hydrogens is 430 g/mol. The van der Waals surface area contributed by atoms with Gasteiger partial charge in [-0.3, -0.25) is 4.79 Å². The number of aromatic amines is 1. The fourth-order valence-electron chi connectivity index (χ4n) is 5.00. The standard InChI is InChI=1S/C26H31N5O3/c1-34-20-13-11-18(12-14-20)25(32)30-15-16-31(26(33)27-19-7-3-2-4-8-19)23(17-30)24-28-21-9-5-6-10-22(21)29-24/h5-6,9-14,19,23H,2-4,7-8,15-17H2,1H3,(H,27,33)(H,28,29). The third kappa shape index (κ3) is 4.58. The van der Waals surface area contributed by atoms with E-state index in [0.29, 0.717) is 36.8 Å². The predicted octanol–water partition coefficient (Wildman–Crippen LogP) is 4.11. The van der Waals surface area contributed by atoms with E-state index in [4.69, 9.17) is 9.72 Å². The monoisotopic (exact) mass is 461 g/mol. The lowest BCUT2D eigenvalue weighted by atomic mass is 9.95. The molecule has 2 aromatic carbocycles. The number of rotatable bonds is 4. The molecule has 0 radical (unpaired) electrons. The van der Waals surface area contributed by atoms with Gasteiger partial charge in [-0.15, -0.1) is 0 Å². The first-order valence-electron chi connectivity index (χ1n) is 12.1. The van der Waals surface area contributed by atoms with Crippen molar-refractivity contribution in [1.29, 1.82) is 0 Å². The van der Waals surface area contributed by atoms with Gasteiger partial charge in [0.15, 0.2) is 0 Å². The average molecular weight is 462 g/mol. The Morgan fingerprint density at radius 1 is 1.03 bits per heavy atom. The van der Waals surface area contributed by atoms with Crippen molar-refractivity contribution < 1.29 is 14.3 Å². The molecule has 5 rings (SSSR count). The number of benzene rings is 2. The first kappa shape index (κ1) is 22.3. The molecular formula is C26H31N5O3. The number of amides is 3. The van der Waals surface area contributed by atoms with Crippen LogP contribution in [0.1, 0.15) is 54.3 Å². The van der Waals surface area contributed by atoms with Crippen LogP contribution in [0.4, 0.5) is 4.79 Å². The SMILES string of the molecule is COc1ccc(C(=O)N2CCN(C(=O)NC3CCCCC3)C(c3nc4ccccc4[nH]3)C2)cc1. The second-order valence-corrected chi connectivity index (χ2v) is 9.11. The number of hydrogen-bond donors (Lipinski definition) is 2. The number of aromatic nitrogens is 2. The van der Waals surface area contributed by atoms with Crippen LogP contribution >= 0.6 is 0 Å². The van der Waals surface area contributed by atoms with Crippen molar-refractivity contribution in [3.63, 3.8) is 0 Å². The lowest BCUT2D eigenvalue weighted by molar-refractivity contribution is 0.0540. The van der Waals surface area contributed by atoms with Crippen molar-refractivity contribution in [2.75, 3.05) is 26.7 Å². The molecule has 1 saturated heterocycles. The van der Waals surface area contributed by atoms with Crippen molar-refractivity contribution in [3.05, 3.63) is 59.9 Å². The van der Waals surface area contributed by atoms with E-state index in [1.165, 1.54) is 6.42 Å². The Labute approximate surface area is 199 Å². The number of nitrogens with one attached hydrogen (secondary N) is 2. The molecule has 2 heterocycles. The van der Waals surface area contributed by atoms with Crippen LogP contribution in [0.15, 0.2) is 48.5 Å². The predicted molar refractivity (Wildman–Crippen MR) is 130 cm³/mol. The summed E-state index contributed by atoms with van der Waals surface area (Å²) in [6.07, 6.45) is 5.60. The van der Waals surface area contributed by atoms with Crippen molar-refractivity contribution >= 4 is 23.0 Å². The van der Waals surface area contributed by atoms with Crippen LogP contribution in [0, 0.1) is 0 Å². The number of imidazole rings is 1. The highest BCUT2D eigenvalue weighted by molar-refractivity contribution is 5.94. The largest absolute Gasteiger partial charge is 0.497 e. The molecule has 1 aromatic heterocycles. The molecule has 3 aromatic rings. The Hall–Kier alpha value is -3.55. The highest BCUT2D eigenvalue weighted by Gasteiger charge is 2.36. The van der Waals surface area contributed by atoms with Crippen LogP contribution in [-0.2, 0) is 0 Å². The summed E-state index contributed by atoms with van der Waals surface area (Å²) in [4.78, 5) is 38.4. The van der Waals surface area contributed by atoms with Gasteiger partial charge >= 0.3 is 6.03 Å². The summed E-state index contributed by atoms with van der Waals surface area (Å²) in [6.45, 7) is 1.30. The molecule has 34 heavy (non-hydrogen) atoms. The first-order chi connectivity index (χ1) is 16.6. The van der Waals surface area contributed by atoms with E-state index in [2.05, 4.69) is 10.3 Å². The lowest BCUT2D eigenvalue weighted by Gasteiger charge is -2.41. The number of ether oxygens (including phenoxy) is 1. The zero-order valence-electron chi connectivity index (χ0n) is 19.5. The molecule has 3 amide bonds. The number of hydrogen-bond acceptors (Lipinski definition) is 4. The number of nitrogens with zero attached hydrogens (tertiary/aromatic N) is 3. The van der Waals surface area contributed by atoms with Crippen LogP contribution in [-0.4, -0.2) is 64.5 Å². The maximum atomic E-state index is 13.3. The second kappa shape index (κ2) is 9.75. The van der Waals surface area contributed by atoms with Crippen LogP contribution in [0.2, 0.25) is 0 Å². The quantitative estimate of drug-likeness (QED) is 0.612. The van der Waals surface area contributed by atoms with E-state index in [1.807, 2.05) is 34.1 Å². The fraction of sp³-hybridized carbons (Fsp3) is 0.423. The zero-order valence-corrected chi connectivity index (χ0v) is 19.5. The number of urea groups is 1. The molecule has 1 unspecified atom stereocenters. The summed E-state index contributed by atoms with van der Waals surface area (Å²) in [5, 5.41) is 3.24. The van der Waals surface area contributed by atoms with Gasteiger partial charge in [-0.2, -0.15) is 0 Å². The van der Waals surface area contributed by atoms with E-state index < -0.39 is 0 Å². The van der Waals surface area contributed by atoms with Gasteiger partial charge in [0.05, 0.1) is 18.1 Å². The molecule has 2 N–H and O–H groups in total. The van der Waals surface area contributed by atoms with E-state index in [1.54, 1.807) is 31.4 Å². The molecule has 1 aliphatic heterocycles. The van der Waals surface area contributed by atoms with Gasteiger partial charge in [0, 0.05) is 31.2 Å². The van der Waals surface area contributed by atoms with Crippen molar-refractivity contribution in [1.82, 2.24) is 25.1 Å². The van der Waals surface area contributed by atoms with Crippen molar-refractivity contribution in [2.45, 2.75) is 44.2 Å².